The van der Waals surface area contributed by atoms with Crippen molar-refractivity contribution in [2.24, 2.45) is 0 Å². The van der Waals surface area contributed by atoms with Gasteiger partial charge in [-0.25, -0.2) is 0 Å². The Morgan fingerprint density at radius 3 is 1.79 bits per heavy atom. The van der Waals surface area contributed by atoms with E-state index in [1.54, 1.807) is 0 Å². The van der Waals surface area contributed by atoms with Crippen LogP contribution >= 0.6 is 52.6 Å². The van der Waals surface area contributed by atoms with Gasteiger partial charge in [0, 0.05) is 0 Å². The summed E-state index contributed by atoms with van der Waals surface area (Å²) < 4.78 is 7.31. The van der Waals surface area contributed by atoms with Gasteiger partial charge in [0.05, 0.1) is 0 Å². The van der Waals surface area contributed by atoms with Crippen molar-refractivity contribution in [3.63, 3.8) is 0 Å². The molecule has 8 heteroatoms. The van der Waals surface area contributed by atoms with E-state index in [-0.39, 0.29) is 0 Å². The first-order valence-corrected chi connectivity index (χ1v) is 21.8. The van der Waals surface area contributed by atoms with Gasteiger partial charge in [-0.15, -0.1) is 0 Å². The van der Waals surface area contributed by atoms with Crippen molar-refractivity contribution in [3.8, 4) is 0 Å². The molecule has 1 nitrogen and oxygen atoms in total. The Morgan fingerprint density at radius 1 is 1.07 bits per heavy atom. The van der Waals surface area contributed by atoms with Gasteiger partial charge in [-0.05, 0) is 0 Å². The van der Waals surface area contributed by atoms with E-state index >= 15 is 0 Å². The Bertz CT molecular complexity index is 198. The molecular formula is C6H16Cl3GeIOSi2. The summed E-state index contributed by atoms with van der Waals surface area (Å²) in [4.78, 5) is 0.741. The van der Waals surface area contributed by atoms with Crippen LogP contribution in [0.1, 0.15) is 0 Å². The predicted molar refractivity (Wildman–Crippen MR) is 83.1 cm³/mol. The van der Waals surface area contributed by atoms with Gasteiger partial charge in [-0.3, -0.25) is 0 Å². The average Bonchev–Trinajstić information content (AvgIpc) is 1.78. The van der Waals surface area contributed by atoms with Gasteiger partial charge in [0.1, 0.15) is 0 Å². The van der Waals surface area contributed by atoms with Crippen molar-refractivity contribution in [3.05, 3.63) is 0 Å². The van der Waals surface area contributed by atoms with Crippen LogP contribution in [0.25, 0.3) is 0 Å². The molecule has 0 aromatic carbocycles. The Labute approximate surface area is 118 Å². The van der Waals surface area contributed by atoms with E-state index in [0.29, 0.717) is 0 Å². The summed E-state index contributed by atoms with van der Waals surface area (Å²) >= 11 is 2.38. The second-order valence-corrected chi connectivity index (χ2v) is 33.2. The number of hydrogen-bond acceptors (Lipinski definition) is 1. The van der Waals surface area contributed by atoms with Crippen LogP contribution in [-0.2, 0) is 4.12 Å². The zero-order chi connectivity index (χ0) is 11.6. The number of alkyl halides is 1. The third kappa shape index (κ3) is 8.66. The molecule has 14 heavy (non-hydrogen) atoms. The summed E-state index contributed by atoms with van der Waals surface area (Å²) in [5.74, 6) is 0. The van der Waals surface area contributed by atoms with Gasteiger partial charge < -0.3 is 0 Å². The van der Waals surface area contributed by atoms with Gasteiger partial charge in [0.15, 0.2) is 0 Å². The molecule has 0 N–H and O–H groups in total. The maximum absolute atomic E-state index is 6.21. The summed E-state index contributed by atoms with van der Waals surface area (Å²) in [5, 5.41) is 0. The Hall–Kier alpha value is 2.54. The van der Waals surface area contributed by atoms with Crippen LogP contribution in [0, 0.1) is 0 Å². The Kier molecular flexibility index (Phi) is 7.00. The number of hydrogen-bond donors (Lipinski definition) is 0. The fraction of sp³-hybridized carbons (Fsp3) is 1.00. The fourth-order valence-electron chi connectivity index (χ4n) is 1.29. The monoisotopic (exact) mass is 466 g/mol. The topological polar surface area (TPSA) is 9.23 Å². The first-order chi connectivity index (χ1) is 5.97. The Balaban J connectivity index is 4.35. The van der Waals surface area contributed by atoms with E-state index in [4.69, 9.17) is 34.1 Å². The van der Waals surface area contributed by atoms with Gasteiger partial charge in [0.25, 0.3) is 0 Å². The van der Waals surface area contributed by atoms with Crippen molar-refractivity contribution in [2.45, 2.75) is 31.1 Å². The van der Waals surface area contributed by atoms with Gasteiger partial charge >= 0.3 is 119 Å². The third-order valence-electron chi connectivity index (χ3n) is 1.50. The van der Waals surface area contributed by atoms with Crippen molar-refractivity contribution in [2.75, 3.05) is 4.05 Å². The quantitative estimate of drug-likeness (QED) is 0.328. The second kappa shape index (κ2) is 5.93. The number of halogens is 4. The normalized spacial score (nSPS) is 14.6. The summed E-state index contributed by atoms with van der Waals surface area (Å²) in [6.07, 6.45) is 0. The molecule has 0 rings (SSSR count). The molecule has 0 saturated carbocycles. The van der Waals surface area contributed by atoms with Crippen molar-refractivity contribution >= 4 is 79.7 Å². The molecule has 0 spiro atoms. The zero-order valence-corrected chi connectivity index (χ0v) is 17.4. The van der Waals surface area contributed by atoms with Crippen LogP contribution in [0.2, 0.25) is 31.1 Å². The first-order valence-electron chi connectivity index (χ1n) is 4.30. The van der Waals surface area contributed by atoms with Gasteiger partial charge in [-0.1, -0.05) is 0 Å². The van der Waals surface area contributed by atoms with Crippen LogP contribution in [-0.4, -0.2) is 31.2 Å². The van der Waals surface area contributed by atoms with Crippen molar-refractivity contribution in [1.82, 2.24) is 0 Å². The molecule has 0 saturated heterocycles. The molecule has 0 bridgehead atoms. The molecule has 0 radical (unpaired) electrons. The second-order valence-electron chi connectivity index (χ2n) is 4.55. The summed E-state index contributed by atoms with van der Waals surface area (Å²) in [5.41, 5.74) is 0. The van der Waals surface area contributed by atoms with Crippen LogP contribution in [0.4, 0.5) is 0 Å². The molecule has 0 aliphatic heterocycles. The standard InChI is InChI=1S/C6H16Cl3GeIOSi2/c1-13(2,5-10(7,8)9)12-14(3,4)6-11/h5-6H2,1-4H3. The molecule has 0 aromatic rings. The molecule has 0 aromatic heterocycles. The first kappa shape index (κ1) is 16.5. The molecule has 0 atom stereocenters. The van der Waals surface area contributed by atoms with Gasteiger partial charge in [-0.2, -0.15) is 0 Å². The van der Waals surface area contributed by atoms with Crippen LogP contribution in [0.3, 0.4) is 0 Å². The molecule has 0 fully saturated rings. The summed E-state index contributed by atoms with van der Waals surface area (Å²) in [6.45, 7) is 8.75. The molecule has 86 valence electrons. The van der Waals surface area contributed by atoms with Gasteiger partial charge in [0.2, 0.25) is 0 Å². The third-order valence-corrected chi connectivity index (χ3v) is 27.5. The van der Waals surface area contributed by atoms with Crippen LogP contribution in [0.5, 0.6) is 0 Å². The fourth-order valence-corrected chi connectivity index (χ4v) is 32.6. The molecule has 0 aliphatic carbocycles. The molecule has 0 aliphatic rings. The van der Waals surface area contributed by atoms with Crippen molar-refractivity contribution in [1.29, 1.82) is 0 Å². The molecule has 0 amide bonds. The minimum absolute atomic E-state index is 0.741. The Morgan fingerprint density at radius 2 is 1.50 bits per heavy atom. The molecule has 0 heterocycles. The van der Waals surface area contributed by atoms with Crippen LogP contribution < -0.4 is 0 Å². The summed E-state index contributed by atoms with van der Waals surface area (Å²) in [7, 11) is 11.7. The average molecular weight is 466 g/mol. The van der Waals surface area contributed by atoms with E-state index in [2.05, 4.69) is 48.8 Å². The predicted octanol–water partition coefficient (Wildman–Crippen LogP) is 4.58. The summed E-state index contributed by atoms with van der Waals surface area (Å²) in [6, 6.07) is 0. The minimum atomic E-state index is -3.01. The zero-order valence-electron chi connectivity index (χ0n) is 8.83. The van der Waals surface area contributed by atoms with E-state index in [9.17, 15) is 0 Å². The molecular weight excluding hydrogens is 450 g/mol. The van der Waals surface area contributed by atoms with Crippen LogP contribution in [0.15, 0.2) is 0 Å². The maximum atomic E-state index is 6.21. The van der Waals surface area contributed by atoms with E-state index in [1.165, 1.54) is 0 Å². The van der Waals surface area contributed by atoms with E-state index < -0.39 is 27.1 Å². The van der Waals surface area contributed by atoms with E-state index in [0.717, 1.165) is 8.93 Å². The number of rotatable bonds is 5. The SMILES string of the molecule is C[Si](C)(CI)O[Si](C)(C)[CH2][Ge]([Cl])([Cl])[Cl]. The van der Waals surface area contributed by atoms with E-state index in [1.807, 2.05) is 0 Å². The van der Waals surface area contributed by atoms with Crippen molar-refractivity contribution < 1.29 is 4.12 Å². The molecule has 0 unspecified atom stereocenters.